The fourth-order valence-corrected chi connectivity index (χ4v) is 1.33. The van der Waals surface area contributed by atoms with Gasteiger partial charge in [0.15, 0.2) is 11.6 Å². The van der Waals surface area contributed by atoms with E-state index in [1.54, 1.807) is 6.26 Å². The van der Waals surface area contributed by atoms with Gasteiger partial charge in [0.1, 0.15) is 0 Å². The zero-order valence-corrected chi connectivity index (χ0v) is 8.38. The Balaban J connectivity index is 3.07. The van der Waals surface area contributed by atoms with Crippen molar-refractivity contribution in [2.24, 2.45) is 0 Å². The Morgan fingerprint density at radius 3 is 2.31 bits per heavy atom. The van der Waals surface area contributed by atoms with Crippen LogP contribution in [0.15, 0.2) is 12.1 Å². The van der Waals surface area contributed by atoms with Crippen molar-refractivity contribution in [2.45, 2.75) is 5.88 Å². The van der Waals surface area contributed by atoms with Gasteiger partial charge in [0, 0.05) is 12.1 Å². The highest BCUT2D eigenvalue weighted by Gasteiger charge is 2.12. The minimum absolute atomic E-state index is 0.0768. The van der Waals surface area contributed by atoms with Crippen molar-refractivity contribution in [3.05, 3.63) is 29.3 Å². The van der Waals surface area contributed by atoms with E-state index in [9.17, 15) is 8.78 Å². The highest BCUT2D eigenvalue weighted by atomic mass is 35.5. The molecule has 0 heterocycles. The van der Waals surface area contributed by atoms with E-state index in [1.807, 2.05) is 0 Å². The molecule has 0 radical (unpaired) electrons. The lowest BCUT2D eigenvalue weighted by Crippen LogP contribution is -1.92. The SMILES string of the molecule is CSOc1c(F)cc(CCl)cc1F. The molecule has 1 rings (SSSR count). The first-order valence-electron chi connectivity index (χ1n) is 3.43. The minimum Gasteiger partial charge on any atom is -0.420 e. The molecule has 0 N–H and O–H groups in total. The topological polar surface area (TPSA) is 9.23 Å². The fraction of sp³-hybridized carbons (Fsp3) is 0.250. The zero-order valence-electron chi connectivity index (χ0n) is 6.81. The Hall–Kier alpha value is -0.480. The standard InChI is InChI=1S/C8H7ClF2OS/c1-13-12-8-6(10)2-5(4-9)3-7(8)11/h2-3H,4H2,1H3. The molecule has 1 nitrogen and oxygen atoms in total. The van der Waals surface area contributed by atoms with Gasteiger partial charge in [-0.05, 0) is 17.7 Å². The molecule has 0 unspecified atom stereocenters. The quantitative estimate of drug-likeness (QED) is 0.575. The van der Waals surface area contributed by atoms with Crippen molar-refractivity contribution < 1.29 is 13.0 Å². The third-order valence-electron chi connectivity index (χ3n) is 1.38. The monoisotopic (exact) mass is 224 g/mol. The van der Waals surface area contributed by atoms with E-state index < -0.39 is 11.6 Å². The smallest absolute Gasteiger partial charge is 0.208 e. The molecular weight excluding hydrogens is 218 g/mol. The first kappa shape index (κ1) is 10.6. The Morgan fingerprint density at radius 2 is 1.92 bits per heavy atom. The van der Waals surface area contributed by atoms with Crippen molar-refractivity contribution in [3.63, 3.8) is 0 Å². The summed E-state index contributed by atoms with van der Waals surface area (Å²) < 4.78 is 30.8. The lowest BCUT2D eigenvalue weighted by atomic mass is 10.2. The van der Waals surface area contributed by atoms with Crippen LogP contribution in [0.1, 0.15) is 5.56 Å². The number of benzene rings is 1. The second-order valence-corrected chi connectivity index (χ2v) is 3.04. The fourth-order valence-electron chi connectivity index (χ4n) is 0.852. The van der Waals surface area contributed by atoms with Crippen molar-refractivity contribution in [1.29, 1.82) is 0 Å². The maximum Gasteiger partial charge on any atom is 0.208 e. The lowest BCUT2D eigenvalue weighted by Gasteiger charge is -2.05. The number of rotatable bonds is 3. The van der Waals surface area contributed by atoms with E-state index in [1.165, 1.54) is 0 Å². The van der Waals surface area contributed by atoms with Gasteiger partial charge in [-0.1, -0.05) is 0 Å². The Morgan fingerprint density at radius 1 is 1.38 bits per heavy atom. The van der Waals surface area contributed by atoms with Crippen LogP contribution in [0.5, 0.6) is 5.75 Å². The van der Waals surface area contributed by atoms with Gasteiger partial charge in [0.25, 0.3) is 0 Å². The second kappa shape index (κ2) is 4.67. The average molecular weight is 225 g/mol. The van der Waals surface area contributed by atoms with Gasteiger partial charge < -0.3 is 4.18 Å². The third kappa shape index (κ3) is 2.48. The number of hydrogen-bond acceptors (Lipinski definition) is 2. The van der Waals surface area contributed by atoms with E-state index in [0.29, 0.717) is 5.56 Å². The van der Waals surface area contributed by atoms with E-state index in [-0.39, 0.29) is 11.6 Å². The van der Waals surface area contributed by atoms with Gasteiger partial charge in [0.2, 0.25) is 5.75 Å². The molecular formula is C8H7ClF2OS. The van der Waals surface area contributed by atoms with Crippen molar-refractivity contribution in [3.8, 4) is 5.75 Å². The Bertz CT molecular complexity index is 283. The van der Waals surface area contributed by atoms with Crippen LogP contribution in [0.4, 0.5) is 8.78 Å². The van der Waals surface area contributed by atoms with Gasteiger partial charge in [-0.3, -0.25) is 0 Å². The molecule has 0 fully saturated rings. The van der Waals surface area contributed by atoms with Crippen LogP contribution in [-0.4, -0.2) is 6.26 Å². The van der Waals surface area contributed by atoms with Gasteiger partial charge in [-0.15, -0.1) is 11.6 Å². The van der Waals surface area contributed by atoms with E-state index >= 15 is 0 Å². The molecule has 0 bridgehead atoms. The van der Waals surface area contributed by atoms with Gasteiger partial charge in [0.05, 0.1) is 12.0 Å². The van der Waals surface area contributed by atoms with E-state index in [2.05, 4.69) is 0 Å². The predicted octanol–water partition coefficient (Wildman–Crippen LogP) is 3.36. The van der Waals surface area contributed by atoms with Crippen LogP contribution in [0, 0.1) is 11.6 Å². The number of hydrogen-bond donors (Lipinski definition) is 0. The summed E-state index contributed by atoms with van der Waals surface area (Å²) in [4.78, 5) is 0. The van der Waals surface area contributed by atoms with Crippen LogP contribution in [-0.2, 0) is 5.88 Å². The molecule has 0 aliphatic heterocycles. The predicted molar refractivity (Wildman–Crippen MR) is 50.1 cm³/mol. The van der Waals surface area contributed by atoms with Crippen LogP contribution in [0.2, 0.25) is 0 Å². The summed E-state index contributed by atoms with van der Waals surface area (Å²) in [7, 11) is 0. The van der Waals surface area contributed by atoms with Gasteiger partial charge in [-0.25, -0.2) is 8.78 Å². The van der Waals surface area contributed by atoms with Crippen LogP contribution >= 0.6 is 23.6 Å². The van der Waals surface area contributed by atoms with Crippen LogP contribution < -0.4 is 4.18 Å². The highest BCUT2D eigenvalue weighted by Crippen LogP contribution is 2.26. The first-order chi connectivity index (χ1) is 6.19. The van der Waals surface area contributed by atoms with Crippen molar-refractivity contribution >= 4 is 23.6 Å². The summed E-state index contributed by atoms with van der Waals surface area (Å²) in [5, 5.41) is 0. The lowest BCUT2D eigenvalue weighted by molar-refractivity contribution is 0.488. The van der Waals surface area contributed by atoms with Crippen LogP contribution in [0.25, 0.3) is 0 Å². The summed E-state index contributed by atoms with van der Waals surface area (Å²) in [5.41, 5.74) is 0.394. The van der Waals surface area contributed by atoms with Gasteiger partial charge >= 0.3 is 0 Å². The molecule has 0 aliphatic carbocycles. The Kier molecular flexibility index (Phi) is 3.81. The zero-order chi connectivity index (χ0) is 9.84. The second-order valence-electron chi connectivity index (χ2n) is 2.27. The molecule has 0 saturated heterocycles. The molecule has 0 spiro atoms. The molecule has 0 aliphatic rings. The molecule has 0 saturated carbocycles. The molecule has 0 aromatic heterocycles. The minimum atomic E-state index is -0.731. The van der Waals surface area contributed by atoms with E-state index in [4.69, 9.17) is 15.8 Å². The van der Waals surface area contributed by atoms with Crippen LogP contribution in [0.3, 0.4) is 0 Å². The maximum absolute atomic E-state index is 13.0. The molecule has 0 atom stereocenters. The van der Waals surface area contributed by atoms with Gasteiger partial charge in [-0.2, -0.15) is 0 Å². The molecule has 1 aromatic carbocycles. The molecule has 72 valence electrons. The highest BCUT2D eigenvalue weighted by molar-refractivity contribution is 7.94. The maximum atomic E-state index is 13.0. The number of halogens is 3. The summed E-state index contributed by atoms with van der Waals surface area (Å²) in [6.45, 7) is 0. The first-order valence-corrected chi connectivity index (χ1v) is 5.12. The summed E-state index contributed by atoms with van der Waals surface area (Å²) >= 11 is 6.30. The summed E-state index contributed by atoms with van der Waals surface area (Å²) in [6.07, 6.45) is 1.58. The van der Waals surface area contributed by atoms with E-state index in [0.717, 1.165) is 24.2 Å². The molecule has 5 heteroatoms. The Labute approximate surface area is 84.2 Å². The largest absolute Gasteiger partial charge is 0.420 e. The van der Waals surface area contributed by atoms with Crippen molar-refractivity contribution in [2.75, 3.05) is 6.26 Å². The summed E-state index contributed by atoms with van der Waals surface area (Å²) in [5.74, 6) is -1.76. The third-order valence-corrected chi connectivity index (χ3v) is 2.02. The molecule has 0 amide bonds. The number of alkyl halides is 1. The average Bonchev–Trinajstić information content (AvgIpc) is 2.11. The summed E-state index contributed by atoms with van der Waals surface area (Å²) in [6, 6.07) is 2.31. The molecule has 1 aromatic rings. The normalized spacial score (nSPS) is 10.2. The van der Waals surface area contributed by atoms with Crippen molar-refractivity contribution in [1.82, 2.24) is 0 Å². The molecule has 13 heavy (non-hydrogen) atoms.